The highest BCUT2D eigenvalue weighted by atomic mass is 35.5. The van der Waals surface area contributed by atoms with Crippen molar-refractivity contribution in [2.45, 2.75) is 33.6 Å². The van der Waals surface area contributed by atoms with E-state index in [0.29, 0.717) is 28.6 Å². The summed E-state index contributed by atoms with van der Waals surface area (Å²) in [6.45, 7) is 6.10. The highest BCUT2D eigenvalue weighted by Gasteiger charge is 2.39. The third-order valence-corrected chi connectivity index (χ3v) is 7.10. The first-order valence-electron chi connectivity index (χ1n) is 11.9. The molecule has 2 N–H and O–H groups in total. The number of aromatic nitrogens is 1. The van der Waals surface area contributed by atoms with Crippen LogP contribution in [0.3, 0.4) is 0 Å². The molecule has 9 nitrogen and oxygen atoms in total. The lowest BCUT2D eigenvalue weighted by molar-refractivity contribution is -0.120. The van der Waals surface area contributed by atoms with Gasteiger partial charge in [0.2, 0.25) is 0 Å². The molecule has 3 aromatic rings. The highest BCUT2D eigenvalue weighted by Crippen LogP contribution is 2.31. The molecule has 0 atom stereocenters. The van der Waals surface area contributed by atoms with E-state index in [4.69, 9.17) is 16.3 Å². The molecule has 0 radical (unpaired) electrons. The summed E-state index contributed by atoms with van der Waals surface area (Å²) in [4.78, 5) is 57.1. The number of thiazole rings is 1. The minimum atomic E-state index is -0.708. The summed E-state index contributed by atoms with van der Waals surface area (Å²) in [6, 6.07) is 12.4. The van der Waals surface area contributed by atoms with E-state index >= 15 is 0 Å². The van der Waals surface area contributed by atoms with E-state index in [1.54, 1.807) is 24.3 Å². The molecule has 38 heavy (non-hydrogen) atoms. The predicted octanol–water partition coefficient (Wildman–Crippen LogP) is 5.40. The summed E-state index contributed by atoms with van der Waals surface area (Å²) >= 11 is 7.62. The fourth-order valence-corrected chi connectivity index (χ4v) is 4.59. The normalized spacial score (nSPS) is 13.2. The number of hydrogen-bond donors (Lipinski definition) is 2. The molecular formula is C27H25ClN4O5S. The number of ether oxygens (including phenoxy) is 1. The third kappa shape index (κ3) is 5.76. The summed E-state index contributed by atoms with van der Waals surface area (Å²) in [5.41, 5.74) is 2.00. The quantitative estimate of drug-likeness (QED) is 0.207. The lowest BCUT2D eigenvalue weighted by Gasteiger charge is -2.15. The Kier molecular flexibility index (Phi) is 8.23. The van der Waals surface area contributed by atoms with Crippen LogP contribution in [0, 0.1) is 13.8 Å². The Balaban J connectivity index is 1.46. The van der Waals surface area contributed by atoms with Crippen LogP contribution < -0.4 is 15.5 Å². The van der Waals surface area contributed by atoms with Gasteiger partial charge in [0.05, 0.1) is 23.6 Å². The first-order valence-corrected chi connectivity index (χ1v) is 13.1. The van der Waals surface area contributed by atoms with Gasteiger partial charge in [0.1, 0.15) is 10.7 Å². The second kappa shape index (κ2) is 11.6. The van der Waals surface area contributed by atoms with Crippen LogP contribution in [0.2, 0.25) is 0 Å². The van der Waals surface area contributed by atoms with Gasteiger partial charge < -0.3 is 10.1 Å². The average molecular weight is 553 g/mol. The van der Waals surface area contributed by atoms with Gasteiger partial charge in [0.15, 0.2) is 5.13 Å². The number of aryl methyl sites for hydroxylation is 2. The van der Waals surface area contributed by atoms with Crippen LogP contribution in [0.25, 0.3) is 0 Å². The Morgan fingerprint density at radius 3 is 2.45 bits per heavy atom. The Morgan fingerprint density at radius 2 is 1.79 bits per heavy atom. The van der Waals surface area contributed by atoms with Crippen LogP contribution in [0.1, 0.15) is 51.1 Å². The Labute approximate surface area is 228 Å². The molecule has 3 amide bonds. The van der Waals surface area contributed by atoms with Crippen LogP contribution in [0.4, 0.5) is 16.5 Å². The average Bonchev–Trinajstić information content (AvgIpc) is 3.33. The lowest BCUT2D eigenvalue weighted by atomic mass is 10.2. The van der Waals surface area contributed by atoms with Crippen LogP contribution in [-0.2, 0) is 14.3 Å². The summed E-state index contributed by atoms with van der Waals surface area (Å²) in [7, 11) is 0. The third-order valence-electron chi connectivity index (χ3n) is 5.76. The fourth-order valence-electron chi connectivity index (χ4n) is 3.56. The summed E-state index contributed by atoms with van der Waals surface area (Å²) < 4.78 is 5.19. The molecule has 0 saturated carbocycles. The number of amides is 3. The molecule has 0 unspecified atom stereocenters. The van der Waals surface area contributed by atoms with Gasteiger partial charge >= 0.3 is 5.97 Å². The lowest BCUT2D eigenvalue weighted by Crippen LogP contribution is -2.32. The number of carbonyl (C=O) groups excluding carboxylic acids is 4. The van der Waals surface area contributed by atoms with Crippen LogP contribution in [0.15, 0.2) is 59.3 Å². The molecule has 0 spiro atoms. The maximum atomic E-state index is 13.1. The van der Waals surface area contributed by atoms with Crippen LogP contribution in [0.5, 0.6) is 0 Å². The second-order valence-corrected chi connectivity index (χ2v) is 10.1. The van der Waals surface area contributed by atoms with E-state index in [9.17, 15) is 19.2 Å². The van der Waals surface area contributed by atoms with Crippen molar-refractivity contribution in [3.05, 3.63) is 81.0 Å². The van der Waals surface area contributed by atoms with E-state index < -0.39 is 17.8 Å². The number of anilines is 3. The number of benzene rings is 2. The number of esters is 1. The molecule has 1 aliphatic heterocycles. The van der Waals surface area contributed by atoms with Crippen molar-refractivity contribution in [1.82, 2.24) is 4.98 Å². The number of nitrogens with one attached hydrogen (secondary N) is 2. The predicted molar refractivity (Wildman–Crippen MR) is 147 cm³/mol. The zero-order valence-corrected chi connectivity index (χ0v) is 22.5. The van der Waals surface area contributed by atoms with Crippen molar-refractivity contribution in [3.8, 4) is 0 Å². The minimum Gasteiger partial charge on any atom is -0.462 e. The molecule has 0 bridgehead atoms. The Bertz CT molecular complexity index is 1430. The SMILES string of the molecule is CCCCOC(=O)c1ccc(N2C(=O)C(Cl)=C(Nc3cccc(C(=O)Nc4nc(C)c(C)s4)c3)C2=O)cc1. The number of halogens is 1. The standard InChI is InChI=1S/C27H25ClN4O5S/c1-4-5-13-37-26(36)17-9-11-20(12-10-17)32-24(34)21(28)22(25(32)35)30-19-8-6-7-18(14-19)23(33)31-27-29-15(2)16(3)38-27/h6-12,14,30H,4-5,13H2,1-3H3,(H,29,31,33). The maximum Gasteiger partial charge on any atom is 0.338 e. The molecule has 4 rings (SSSR count). The fraction of sp³-hybridized carbons (Fsp3) is 0.222. The van der Waals surface area contributed by atoms with Crippen molar-refractivity contribution < 1.29 is 23.9 Å². The Morgan fingerprint density at radius 1 is 1.05 bits per heavy atom. The van der Waals surface area contributed by atoms with Crippen molar-refractivity contribution in [3.63, 3.8) is 0 Å². The van der Waals surface area contributed by atoms with Gasteiger partial charge in [-0.15, -0.1) is 11.3 Å². The van der Waals surface area contributed by atoms with Gasteiger partial charge in [0, 0.05) is 16.1 Å². The van der Waals surface area contributed by atoms with Gasteiger partial charge in [-0.1, -0.05) is 31.0 Å². The molecular weight excluding hydrogens is 528 g/mol. The van der Waals surface area contributed by atoms with E-state index in [1.165, 1.54) is 35.6 Å². The summed E-state index contributed by atoms with van der Waals surface area (Å²) in [6.07, 6.45) is 1.67. The van der Waals surface area contributed by atoms with Gasteiger partial charge in [0.25, 0.3) is 17.7 Å². The topological polar surface area (TPSA) is 118 Å². The Hall–Kier alpha value is -4.02. The maximum absolute atomic E-state index is 13.1. The number of hydrogen-bond acceptors (Lipinski definition) is 8. The van der Waals surface area contributed by atoms with E-state index in [-0.39, 0.29) is 22.3 Å². The molecule has 1 aromatic heterocycles. The molecule has 0 saturated heterocycles. The van der Waals surface area contributed by atoms with E-state index in [2.05, 4.69) is 15.6 Å². The van der Waals surface area contributed by atoms with Gasteiger partial charge in [-0.25, -0.2) is 14.7 Å². The summed E-state index contributed by atoms with van der Waals surface area (Å²) in [5.74, 6) is -2.22. The summed E-state index contributed by atoms with van der Waals surface area (Å²) in [5, 5.41) is 5.83. The van der Waals surface area contributed by atoms with Crippen molar-refractivity contribution in [1.29, 1.82) is 0 Å². The molecule has 1 aliphatic rings. The minimum absolute atomic E-state index is 0.122. The number of unbranched alkanes of at least 4 members (excludes halogenated alkanes) is 1. The van der Waals surface area contributed by atoms with Gasteiger partial charge in [-0.3, -0.25) is 19.7 Å². The molecule has 0 aliphatic carbocycles. The molecule has 2 aromatic carbocycles. The zero-order chi connectivity index (χ0) is 27.4. The number of rotatable bonds is 9. The number of carbonyl (C=O) groups is 4. The van der Waals surface area contributed by atoms with Crippen LogP contribution in [-0.4, -0.2) is 35.3 Å². The van der Waals surface area contributed by atoms with E-state index in [1.807, 2.05) is 20.8 Å². The van der Waals surface area contributed by atoms with Crippen molar-refractivity contribution in [2.75, 3.05) is 22.1 Å². The zero-order valence-electron chi connectivity index (χ0n) is 21.0. The van der Waals surface area contributed by atoms with E-state index in [0.717, 1.165) is 28.3 Å². The van der Waals surface area contributed by atoms with Crippen molar-refractivity contribution in [2.24, 2.45) is 0 Å². The largest absolute Gasteiger partial charge is 0.462 e. The van der Waals surface area contributed by atoms with Gasteiger partial charge in [-0.05, 0) is 62.7 Å². The first kappa shape index (κ1) is 27.0. The molecule has 2 heterocycles. The smallest absolute Gasteiger partial charge is 0.338 e. The highest BCUT2D eigenvalue weighted by molar-refractivity contribution is 7.15. The number of nitrogens with zero attached hydrogens (tertiary/aromatic N) is 2. The van der Waals surface area contributed by atoms with Crippen LogP contribution >= 0.6 is 22.9 Å². The van der Waals surface area contributed by atoms with Crippen molar-refractivity contribution >= 4 is 63.1 Å². The second-order valence-electron chi connectivity index (χ2n) is 8.49. The monoisotopic (exact) mass is 552 g/mol. The van der Waals surface area contributed by atoms with Gasteiger partial charge in [-0.2, -0.15) is 0 Å². The molecule has 196 valence electrons. The first-order chi connectivity index (χ1) is 18.2. The molecule has 11 heteroatoms. The molecule has 0 fully saturated rings. The number of imide groups is 1.